The van der Waals surface area contributed by atoms with Crippen LogP contribution in [0, 0.1) is 5.92 Å². The Hall–Kier alpha value is -2.32. The molecule has 0 spiro atoms. The Kier molecular flexibility index (Phi) is 5.77. The van der Waals surface area contributed by atoms with E-state index in [4.69, 9.17) is 4.74 Å². The molecule has 1 atom stereocenters. The number of carboxylic acid groups (broad SMARTS) is 1. The minimum atomic E-state index is -1.61. The fourth-order valence-electron chi connectivity index (χ4n) is 3.68. The van der Waals surface area contributed by atoms with Crippen molar-refractivity contribution in [3.05, 3.63) is 0 Å². The summed E-state index contributed by atoms with van der Waals surface area (Å²) in [5.74, 6) is -2.27. The smallest absolute Gasteiger partial charge is 0.408 e. The van der Waals surface area contributed by atoms with E-state index in [2.05, 4.69) is 10.6 Å². The highest BCUT2D eigenvalue weighted by atomic mass is 16.6. The summed E-state index contributed by atoms with van der Waals surface area (Å²) < 4.78 is 5.06. The number of imide groups is 1. The van der Waals surface area contributed by atoms with Crippen LogP contribution in [0.1, 0.15) is 52.9 Å². The molecule has 26 heavy (non-hydrogen) atoms. The van der Waals surface area contributed by atoms with Crippen molar-refractivity contribution in [2.24, 2.45) is 5.92 Å². The number of ether oxygens (including phenoxy) is 1. The Morgan fingerprint density at radius 1 is 1.27 bits per heavy atom. The molecule has 9 heteroatoms. The molecule has 0 aromatic heterocycles. The fourth-order valence-corrected chi connectivity index (χ4v) is 3.68. The van der Waals surface area contributed by atoms with Gasteiger partial charge in [0.25, 0.3) is 5.91 Å². The zero-order valence-corrected chi connectivity index (χ0v) is 15.5. The third kappa shape index (κ3) is 4.08. The zero-order chi connectivity index (χ0) is 19.5. The van der Waals surface area contributed by atoms with E-state index in [1.165, 1.54) is 0 Å². The molecule has 0 aromatic carbocycles. The van der Waals surface area contributed by atoms with E-state index < -0.39 is 41.7 Å². The average molecular weight is 369 g/mol. The number of urea groups is 1. The first-order valence-corrected chi connectivity index (χ1v) is 8.89. The summed E-state index contributed by atoms with van der Waals surface area (Å²) in [4.78, 5) is 49.5. The van der Waals surface area contributed by atoms with Crippen LogP contribution >= 0.6 is 0 Å². The van der Waals surface area contributed by atoms with Gasteiger partial charge in [0.05, 0.1) is 6.54 Å². The largest absolute Gasteiger partial charge is 0.479 e. The summed E-state index contributed by atoms with van der Waals surface area (Å²) in [5, 5.41) is 14.7. The molecule has 0 unspecified atom stereocenters. The van der Waals surface area contributed by atoms with Gasteiger partial charge in [-0.05, 0) is 39.5 Å². The fraction of sp³-hybridized carbons (Fsp3) is 0.765. The Balaban J connectivity index is 2.15. The molecular formula is C17H27N3O6. The second-order valence-corrected chi connectivity index (χ2v) is 7.81. The molecule has 9 nitrogen and oxygen atoms in total. The molecule has 1 heterocycles. The average Bonchev–Trinajstić information content (AvgIpc) is 2.90. The van der Waals surface area contributed by atoms with E-state index in [0.29, 0.717) is 12.8 Å². The van der Waals surface area contributed by atoms with E-state index >= 15 is 0 Å². The first-order valence-electron chi connectivity index (χ1n) is 8.89. The number of carbonyl (C=O) groups is 4. The van der Waals surface area contributed by atoms with Crippen molar-refractivity contribution in [1.29, 1.82) is 0 Å². The predicted octanol–water partition coefficient (Wildman–Crippen LogP) is 1.47. The summed E-state index contributed by atoms with van der Waals surface area (Å²) in [7, 11) is 0. The predicted molar refractivity (Wildman–Crippen MR) is 91.4 cm³/mol. The van der Waals surface area contributed by atoms with Gasteiger partial charge in [0, 0.05) is 0 Å². The molecule has 0 aromatic rings. The quantitative estimate of drug-likeness (QED) is 0.689. The van der Waals surface area contributed by atoms with Crippen LogP contribution in [-0.4, -0.2) is 58.2 Å². The van der Waals surface area contributed by atoms with Crippen LogP contribution in [0.5, 0.6) is 0 Å². The molecule has 1 saturated heterocycles. The second kappa shape index (κ2) is 7.51. The maximum absolute atomic E-state index is 12.6. The number of hydrogen-bond donors (Lipinski definition) is 3. The maximum Gasteiger partial charge on any atom is 0.408 e. The molecule has 0 bridgehead atoms. The van der Waals surface area contributed by atoms with Gasteiger partial charge in [-0.2, -0.15) is 0 Å². The number of nitrogens with zero attached hydrogens (tertiary/aromatic N) is 1. The normalized spacial score (nSPS) is 24.1. The van der Waals surface area contributed by atoms with Crippen LogP contribution in [0.2, 0.25) is 0 Å². The van der Waals surface area contributed by atoms with Crippen LogP contribution in [0.4, 0.5) is 9.59 Å². The lowest BCUT2D eigenvalue weighted by atomic mass is 9.74. The lowest BCUT2D eigenvalue weighted by molar-refractivity contribution is -0.157. The van der Waals surface area contributed by atoms with Crippen molar-refractivity contribution in [2.75, 3.05) is 13.1 Å². The molecule has 1 aliphatic carbocycles. The first kappa shape index (κ1) is 20.0. The minimum Gasteiger partial charge on any atom is -0.479 e. The number of carboxylic acids is 1. The molecule has 1 aliphatic heterocycles. The molecule has 0 radical (unpaired) electrons. The summed E-state index contributed by atoms with van der Waals surface area (Å²) in [5.41, 5.74) is -2.34. The van der Waals surface area contributed by atoms with E-state index in [1.807, 2.05) is 0 Å². The van der Waals surface area contributed by atoms with Crippen LogP contribution in [0.25, 0.3) is 0 Å². The maximum atomic E-state index is 12.6. The van der Waals surface area contributed by atoms with E-state index in [-0.39, 0.29) is 12.5 Å². The highest BCUT2D eigenvalue weighted by Crippen LogP contribution is 2.39. The summed E-state index contributed by atoms with van der Waals surface area (Å²) in [6, 6.07) is -0.742. The van der Waals surface area contributed by atoms with E-state index in [1.54, 1.807) is 20.8 Å². The third-order valence-corrected chi connectivity index (χ3v) is 4.79. The third-order valence-electron chi connectivity index (χ3n) is 4.79. The monoisotopic (exact) mass is 369 g/mol. The molecule has 2 aliphatic rings. The standard InChI is InChI=1S/C17H27N3O6/c1-16(2,3)26-15(25)18-9-12(21)20-14(24)19-10-17(20,13(22)23)11-7-5-4-6-8-11/h11H,4-10H2,1-3H3,(H,18,25)(H,19,24)(H,22,23)/t17-/m1/s1. The molecule has 3 N–H and O–H groups in total. The summed E-state index contributed by atoms with van der Waals surface area (Å²) in [6.45, 7) is 4.41. The van der Waals surface area contributed by atoms with Crippen molar-refractivity contribution in [3.8, 4) is 0 Å². The van der Waals surface area contributed by atoms with Crippen molar-refractivity contribution >= 4 is 24.0 Å². The number of carbonyl (C=O) groups excluding carboxylic acids is 3. The highest BCUT2D eigenvalue weighted by molar-refractivity contribution is 6.04. The number of nitrogens with one attached hydrogen (secondary N) is 2. The van der Waals surface area contributed by atoms with Gasteiger partial charge in [-0.3, -0.25) is 4.79 Å². The Morgan fingerprint density at radius 2 is 1.88 bits per heavy atom. The number of amides is 4. The first-order chi connectivity index (χ1) is 12.1. The Labute approximate surface area is 152 Å². The van der Waals surface area contributed by atoms with Gasteiger partial charge in [-0.1, -0.05) is 19.3 Å². The topological polar surface area (TPSA) is 125 Å². The van der Waals surface area contributed by atoms with Crippen LogP contribution in [0.3, 0.4) is 0 Å². The number of aliphatic carboxylic acids is 1. The van der Waals surface area contributed by atoms with Crippen LogP contribution in [0.15, 0.2) is 0 Å². The van der Waals surface area contributed by atoms with Crippen molar-refractivity contribution in [3.63, 3.8) is 0 Å². The molecule has 2 rings (SSSR count). The van der Waals surface area contributed by atoms with Gasteiger partial charge in [0.2, 0.25) is 0 Å². The molecular weight excluding hydrogens is 342 g/mol. The van der Waals surface area contributed by atoms with Gasteiger partial charge in [-0.25, -0.2) is 19.3 Å². The van der Waals surface area contributed by atoms with E-state index in [0.717, 1.165) is 24.2 Å². The van der Waals surface area contributed by atoms with Crippen molar-refractivity contribution in [2.45, 2.75) is 64.0 Å². The van der Waals surface area contributed by atoms with Crippen molar-refractivity contribution in [1.82, 2.24) is 15.5 Å². The van der Waals surface area contributed by atoms with Gasteiger partial charge >= 0.3 is 18.1 Å². The summed E-state index contributed by atoms with van der Waals surface area (Å²) >= 11 is 0. The Bertz CT molecular complexity index is 594. The van der Waals surface area contributed by atoms with Gasteiger partial charge < -0.3 is 20.5 Å². The number of alkyl carbamates (subject to hydrolysis) is 1. The Morgan fingerprint density at radius 3 is 2.42 bits per heavy atom. The van der Waals surface area contributed by atoms with Gasteiger partial charge in [-0.15, -0.1) is 0 Å². The lowest BCUT2D eigenvalue weighted by Crippen LogP contribution is -2.62. The van der Waals surface area contributed by atoms with Crippen LogP contribution in [-0.2, 0) is 14.3 Å². The zero-order valence-electron chi connectivity index (χ0n) is 15.5. The number of hydrogen-bond acceptors (Lipinski definition) is 5. The molecule has 4 amide bonds. The molecule has 146 valence electrons. The molecule has 2 fully saturated rings. The van der Waals surface area contributed by atoms with E-state index in [9.17, 15) is 24.3 Å². The highest BCUT2D eigenvalue weighted by Gasteiger charge is 2.59. The van der Waals surface area contributed by atoms with Crippen molar-refractivity contribution < 1.29 is 29.0 Å². The number of rotatable bonds is 4. The van der Waals surface area contributed by atoms with Crippen LogP contribution < -0.4 is 10.6 Å². The SMILES string of the molecule is CC(C)(C)OC(=O)NCC(=O)N1C(=O)NC[C@]1(C(=O)O)C1CCCCC1. The lowest BCUT2D eigenvalue weighted by Gasteiger charge is -2.40. The summed E-state index contributed by atoms with van der Waals surface area (Å²) in [6.07, 6.45) is 3.23. The van der Waals surface area contributed by atoms with Gasteiger partial charge in [0.15, 0.2) is 5.54 Å². The second-order valence-electron chi connectivity index (χ2n) is 7.81. The minimum absolute atomic E-state index is 0.121. The van der Waals surface area contributed by atoms with Gasteiger partial charge in [0.1, 0.15) is 12.1 Å². The molecule has 1 saturated carbocycles.